The predicted molar refractivity (Wildman–Crippen MR) is 109 cm³/mol. The minimum atomic E-state index is 0.611. The summed E-state index contributed by atoms with van der Waals surface area (Å²) in [6, 6.07) is 26.1. The SMILES string of the molecule is COc1ccc(-c2cnc(-c3ccc(/C=C/c4ccccc4)cc3)o2)cc1. The van der Waals surface area contributed by atoms with Crippen LogP contribution in [0.3, 0.4) is 0 Å². The van der Waals surface area contributed by atoms with E-state index in [-0.39, 0.29) is 0 Å². The van der Waals surface area contributed by atoms with Crippen molar-refractivity contribution in [3.8, 4) is 28.5 Å². The van der Waals surface area contributed by atoms with Crippen LogP contribution in [0, 0.1) is 0 Å². The Morgan fingerprint density at radius 2 is 1.37 bits per heavy atom. The van der Waals surface area contributed by atoms with Crippen LogP contribution >= 0.6 is 0 Å². The number of nitrogens with zero attached hydrogens (tertiary/aromatic N) is 1. The molecule has 0 saturated carbocycles. The maximum absolute atomic E-state index is 5.93. The summed E-state index contributed by atoms with van der Waals surface area (Å²) in [4.78, 5) is 4.41. The third-order valence-electron chi connectivity index (χ3n) is 4.31. The Kier molecular flexibility index (Phi) is 4.84. The maximum atomic E-state index is 5.93. The van der Waals surface area contributed by atoms with Crippen molar-refractivity contribution in [2.75, 3.05) is 7.11 Å². The van der Waals surface area contributed by atoms with Gasteiger partial charge >= 0.3 is 0 Å². The molecule has 1 heterocycles. The molecule has 132 valence electrons. The van der Waals surface area contributed by atoms with Gasteiger partial charge in [-0.2, -0.15) is 0 Å². The summed E-state index contributed by atoms with van der Waals surface area (Å²) in [5.41, 5.74) is 4.23. The van der Waals surface area contributed by atoms with Crippen LogP contribution in [0.2, 0.25) is 0 Å². The van der Waals surface area contributed by atoms with E-state index in [0.29, 0.717) is 5.89 Å². The number of hydrogen-bond acceptors (Lipinski definition) is 3. The van der Waals surface area contributed by atoms with Crippen LogP contribution in [-0.4, -0.2) is 12.1 Å². The zero-order valence-electron chi connectivity index (χ0n) is 15.0. The van der Waals surface area contributed by atoms with Crippen molar-refractivity contribution in [2.24, 2.45) is 0 Å². The number of aromatic nitrogens is 1. The third-order valence-corrected chi connectivity index (χ3v) is 4.31. The highest BCUT2D eigenvalue weighted by Gasteiger charge is 2.08. The molecule has 4 aromatic rings. The molecule has 27 heavy (non-hydrogen) atoms. The number of oxazole rings is 1. The molecule has 0 bridgehead atoms. The molecule has 0 aliphatic carbocycles. The van der Waals surface area contributed by atoms with Gasteiger partial charge in [-0.1, -0.05) is 54.6 Å². The molecule has 1 aromatic heterocycles. The second-order valence-electron chi connectivity index (χ2n) is 6.12. The highest BCUT2D eigenvalue weighted by molar-refractivity contribution is 5.71. The minimum absolute atomic E-state index is 0.611. The Morgan fingerprint density at radius 1 is 0.741 bits per heavy atom. The van der Waals surface area contributed by atoms with E-state index < -0.39 is 0 Å². The first kappa shape index (κ1) is 16.9. The molecule has 3 heteroatoms. The van der Waals surface area contributed by atoms with Crippen LogP contribution in [-0.2, 0) is 0 Å². The molecule has 3 nitrogen and oxygen atoms in total. The van der Waals surface area contributed by atoms with Crippen molar-refractivity contribution in [1.29, 1.82) is 0 Å². The van der Waals surface area contributed by atoms with Gasteiger partial charge in [0, 0.05) is 11.1 Å². The fraction of sp³-hybridized carbons (Fsp3) is 0.0417. The van der Waals surface area contributed by atoms with Crippen LogP contribution in [0.25, 0.3) is 34.9 Å². The van der Waals surface area contributed by atoms with Crippen molar-refractivity contribution in [3.63, 3.8) is 0 Å². The Bertz CT molecular complexity index is 1030. The van der Waals surface area contributed by atoms with Gasteiger partial charge in [0.05, 0.1) is 13.3 Å². The van der Waals surface area contributed by atoms with Crippen molar-refractivity contribution < 1.29 is 9.15 Å². The smallest absolute Gasteiger partial charge is 0.226 e. The van der Waals surface area contributed by atoms with Crippen molar-refractivity contribution in [1.82, 2.24) is 4.98 Å². The van der Waals surface area contributed by atoms with Crippen LogP contribution in [0.15, 0.2) is 89.5 Å². The molecule has 0 spiro atoms. The first-order valence-corrected chi connectivity index (χ1v) is 8.76. The Balaban J connectivity index is 1.50. The Labute approximate surface area is 158 Å². The van der Waals surface area contributed by atoms with E-state index in [1.165, 1.54) is 5.56 Å². The summed E-state index contributed by atoms with van der Waals surface area (Å²) in [5, 5.41) is 0. The number of hydrogen-bond donors (Lipinski definition) is 0. The highest BCUT2D eigenvalue weighted by Crippen LogP contribution is 2.27. The average molecular weight is 353 g/mol. The summed E-state index contributed by atoms with van der Waals surface area (Å²) >= 11 is 0. The Hall–Kier alpha value is -3.59. The number of ether oxygens (including phenoxy) is 1. The lowest BCUT2D eigenvalue weighted by molar-refractivity contribution is 0.415. The Morgan fingerprint density at radius 3 is 2.04 bits per heavy atom. The topological polar surface area (TPSA) is 35.3 Å². The van der Waals surface area contributed by atoms with Crippen molar-refractivity contribution >= 4 is 12.2 Å². The predicted octanol–water partition coefficient (Wildman–Crippen LogP) is 6.19. The van der Waals surface area contributed by atoms with Gasteiger partial charge in [-0.15, -0.1) is 0 Å². The third kappa shape index (κ3) is 3.98. The van der Waals surface area contributed by atoms with Gasteiger partial charge in [0.15, 0.2) is 5.76 Å². The summed E-state index contributed by atoms with van der Waals surface area (Å²) in [6.45, 7) is 0. The van der Waals surface area contributed by atoms with Crippen LogP contribution in [0.4, 0.5) is 0 Å². The quantitative estimate of drug-likeness (QED) is 0.401. The molecule has 0 aliphatic rings. The zero-order chi connectivity index (χ0) is 18.5. The molecular weight excluding hydrogens is 334 g/mol. The fourth-order valence-electron chi connectivity index (χ4n) is 2.79. The molecule has 0 fully saturated rings. The number of rotatable bonds is 5. The van der Waals surface area contributed by atoms with Crippen LogP contribution < -0.4 is 4.74 Å². The first-order chi connectivity index (χ1) is 13.3. The van der Waals surface area contributed by atoms with Crippen LogP contribution in [0.1, 0.15) is 11.1 Å². The van der Waals surface area contributed by atoms with E-state index in [4.69, 9.17) is 9.15 Å². The second kappa shape index (κ2) is 7.75. The standard InChI is InChI=1S/C24H19NO2/c1-26-22-15-13-20(14-16-22)23-17-25-24(27-23)21-11-9-19(10-12-21)8-7-18-5-3-2-4-6-18/h2-17H,1H3/b8-7+. The molecule has 0 saturated heterocycles. The molecule has 0 aliphatic heterocycles. The molecule has 0 N–H and O–H groups in total. The number of methoxy groups -OCH3 is 1. The molecule has 0 amide bonds. The lowest BCUT2D eigenvalue weighted by atomic mass is 10.1. The van der Waals surface area contributed by atoms with E-state index in [9.17, 15) is 0 Å². The van der Waals surface area contributed by atoms with E-state index in [0.717, 1.165) is 28.2 Å². The van der Waals surface area contributed by atoms with Gasteiger partial charge in [-0.25, -0.2) is 4.98 Å². The summed E-state index contributed by atoms with van der Waals surface area (Å²) in [6.07, 6.45) is 5.94. The van der Waals surface area contributed by atoms with Crippen LogP contribution in [0.5, 0.6) is 5.75 Å². The van der Waals surface area contributed by atoms with Gasteiger partial charge in [0.1, 0.15) is 5.75 Å². The summed E-state index contributed by atoms with van der Waals surface area (Å²) in [7, 11) is 1.65. The fourth-order valence-corrected chi connectivity index (χ4v) is 2.79. The zero-order valence-corrected chi connectivity index (χ0v) is 15.0. The van der Waals surface area contributed by atoms with E-state index in [2.05, 4.69) is 41.4 Å². The lowest BCUT2D eigenvalue weighted by Crippen LogP contribution is -1.81. The van der Waals surface area contributed by atoms with Crippen molar-refractivity contribution in [2.45, 2.75) is 0 Å². The van der Waals surface area contributed by atoms with Gasteiger partial charge in [-0.3, -0.25) is 0 Å². The van der Waals surface area contributed by atoms with Crippen molar-refractivity contribution in [3.05, 3.63) is 96.2 Å². The highest BCUT2D eigenvalue weighted by atomic mass is 16.5. The molecule has 3 aromatic carbocycles. The minimum Gasteiger partial charge on any atom is -0.497 e. The maximum Gasteiger partial charge on any atom is 0.226 e. The van der Waals surface area contributed by atoms with Gasteiger partial charge < -0.3 is 9.15 Å². The lowest BCUT2D eigenvalue weighted by Gasteiger charge is -2.00. The van der Waals surface area contributed by atoms with E-state index in [1.54, 1.807) is 13.3 Å². The molecule has 0 atom stereocenters. The van der Waals surface area contributed by atoms with Gasteiger partial charge in [-0.05, 0) is 47.5 Å². The molecule has 0 radical (unpaired) electrons. The summed E-state index contributed by atoms with van der Waals surface area (Å²) in [5.74, 6) is 2.16. The first-order valence-electron chi connectivity index (χ1n) is 8.76. The van der Waals surface area contributed by atoms with Gasteiger partial charge in [0.25, 0.3) is 0 Å². The molecule has 0 unspecified atom stereocenters. The van der Waals surface area contributed by atoms with Gasteiger partial charge in [0.2, 0.25) is 5.89 Å². The van der Waals surface area contributed by atoms with E-state index in [1.807, 2.05) is 54.6 Å². The number of benzene rings is 3. The average Bonchev–Trinajstić information content (AvgIpc) is 3.24. The normalized spacial score (nSPS) is 11.0. The summed E-state index contributed by atoms with van der Waals surface area (Å²) < 4.78 is 11.1. The monoisotopic (exact) mass is 353 g/mol. The largest absolute Gasteiger partial charge is 0.497 e. The van der Waals surface area contributed by atoms with E-state index >= 15 is 0 Å². The molecule has 4 rings (SSSR count). The second-order valence-corrected chi connectivity index (χ2v) is 6.12. The molecular formula is C24H19NO2.